The van der Waals surface area contributed by atoms with E-state index in [0.717, 1.165) is 25.0 Å². The SMILES string of the molecule is C[C@H]1[C@H]2CC[C@@H](C=O)C[C@@H]2N[C@@H]1c1ccccc1. The van der Waals surface area contributed by atoms with E-state index in [1.165, 1.54) is 12.0 Å². The molecule has 1 aliphatic carbocycles. The summed E-state index contributed by atoms with van der Waals surface area (Å²) in [6.45, 7) is 2.36. The van der Waals surface area contributed by atoms with E-state index in [-0.39, 0.29) is 5.92 Å². The second-order valence-corrected chi connectivity index (χ2v) is 5.89. The maximum atomic E-state index is 11.0. The van der Waals surface area contributed by atoms with Crippen molar-refractivity contribution in [3.8, 4) is 0 Å². The van der Waals surface area contributed by atoms with Crippen LogP contribution in [0.25, 0.3) is 0 Å². The topological polar surface area (TPSA) is 29.1 Å². The molecule has 0 unspecified atom stereocenters. The Labute approximate surface area is 109 Å². The van der Waals surface area contributed by atoms with Crippen LogP contribution in [0.1, 0.15) is 37.8 Å². The minimum absolute atomic E-state index is 0.278. The van der Waals surface area contributed by atoms with E-state index in [4.69, 9.17) is 0 Å². The monoisotopic (exact) mass is 243 g/mol. The first kappa shape index (κ1) is 11.9. The highest BCUT2D eigenvalue weighted by Crippen LogP contribution is 2.44. The van der Waals surface area contributed by atoms with E-state index < -0.39 is 0 Å². The van der Waals surface area contributed by atoms with Gasteiger partial charge < -0.3 is 10.1 Å². The second-order valence-electron chi connectivity index (χ2n) is 5.89. The Morgan fingerprint density at radius 3 is 2.72 bits per heavy atom. The highest BCUT2D eigenvalue weighted by molar-refractivity contribution is 5.53. The summed E-state index contributed by atoms with van der Waals surface area (Å²) < 4.78 is 0. The van der Waals surface area contributed by atoms with Crippen molar-refractivity contribution in [3.05, 3.63) is 35.9 Å². The number of carbonyl (C=O) groups is 1. The Morgan fingerprint density at radius 1 is 1.22 bits per heavy atom. The largest absolute Gasteiger partial charge is 0.307 e. The van der Waals surface area contributed by atoms with Gasteiger partial charge in [-0.2, -0.15) is 0 Å². The fourth-order valence-corrected chi connectivity index (χ4v) is 3.86. The summed E-state index contributed by atoms with van der Waals surface area (Å²) in [4.78, 5) is 11.0. The molecular weight excluding hydrogens is 222 g/mol. The first-order chi connectivity index (χ1) is 8.79. The summed E-state index contributed by atoms with van der Waals surface area (Å²) >= 11 is 0. The van der Waals surface area contributed by atoms with Crippen molar-refractivity contribution in [3.63, 3.8) is 0 Å². The van der Waals surface area contributed by atoms with Crippen LogP contribution in [0.3, 0.4) is 0 Å². The molecule has 1 aromatic carbocycles. The number of rotatable bonds is 2. The smallest absolute Gasteiger partial charge is 0.123 e. The molecule has 1 saturated carbocycles. The number of hydrogen-bond donors (Lipinski definition) is 1. The maximum Gasteiger partial charge on any atom is 0.123 e. The van der Waals surface area contributed by atoms with Crippen molar-refractivity contribution in [2.75, 3.05) is 0 Å². The van der Waals surface area contributed by atoms with Gasteiger partial charge in [-0.25, -0.2) is 0 Å². The van der Waals surface area contributed by atoms with Gasteiger partial charge in [0.1, 0.15) is 6.29 Å². The molecule has 18 heavy (non-hydrogen) atoms. The summed E-state index contributed by atoms with van der Waals surface area (Å²) in [6.07, 6.45) is 4.46. The first-order valence-electron chi connectivity index (χ1n) is 7.06. The zero-order valence-electron chi connectivity index (χ0n) is 10.9. The van der Waals surface area contributed by atoms with Gasteiger partial charge in [-0.3, -0.25) is 0 Å². The number of benzene rings is 1. The molecule has 1 heterocycles. The van der Waals surface area contributed by atoms with Crippen LogP contribution in [0.4, 0.5) is 0 Å². The van der Waals surface area contributed by atoms with Gasteiger partial charge in [0.15, 0.2) is 0 Å². The number of hydrogen-bond acceptors (Lipinski definition) is 2. The average molecular weight is 243 g/mol. The van der Waals surface area contributed by atoms with E-state index >= 15 is 0 Å². The van der Waals surface area contributed by atoms with Gasteiger partial charge in [0, 0.05) is 18.0 Å². The van der Waals surface area contributed by atoms with Crippen LogP contribution >= 0.6 is 0 Å². The van der Waals surface area contributed by atoms with E-state index in [1.807, 2.05) is 0 Å². The van der Waals surface area contributed by atoms with E-state index in [9.17, 15) is 4.79 Å². The van der Waals surface area contributed by atoms with Gasteiger partial charge in [-0.1, -0.05) is 37.3 Å². The van der Waals surface area contributed by atoms with Gasteiger partial charge in [0.05, 0.1) is 0 Å². The van der Waals surface area contributed by atoms with Gasteiger partial charge in [0.25, 0.3) is 0 Å². The molecule has 0 bridgehead atoms. The van der Waals surface area contributed by atoms with Crippen LogP contribution in [-0.4, -0.2) is 12.3 Å². The van der Waals surface area contributed by atoms with Crippen LogP contribution < -0.4 is 5.32 Å². The fraction of sp³-hybridized carbons (Fsp3) is 0.562. The Bertz CT molecular complexity index is 416. The van der Waals surface area contributed by atoms with Crippen LogP contribution in [0, 0.1) is 17.8 Å². The highest BCUT2D eigenvalue weighted by Gasteiger charge is 2.43. The molecule has 96 valence electrons. The highest BCUT2D eigenvalue weighted by atomic mass is 16.1. The molecule has 2 fully saturated rings. The number of nitrogens with one attached hydrogen (secondary N) is 1. The zero-order chi connectivity index (χ0) is 12.5. The summed E-state index contributed by atoms with van der Waals surface area (Å²) in [5.74, 6) is 1.69. The third-order valence-electron chi connectivity index (χ3n) is 4.89. The van der Waals surface area contributed by atoms with Crippen LogP contribution in [-0.2, 0) is 4.79 Å². The maximum absolute atomic E-state index is 11.0. The van der Waals surface area contributed by atoms with Crippen molar-refractivity contribution in [2.24, 2.45) is 17.8 Å². The molecule has 1 aliphatic heterocycles. The molecule has 5 atom stereocenters. The number of carbonyl (C=O) groups excluding carboxylic acids is 1. The number of aldehydes is 1. The third-order valence-corrected chi connectivity index (χ3v) is 4.89. The molecule has 2 nitrogen and oxygen atoms in total. The number of fused-ring (bicyclic) bond motifs is 1. The molecule has 0 spiro atoms. The molecule has 2 heteroatoms. The van der Waals surface area contributed by atoms with Crippen molar-refractivity contribution in [1.82, 2.24) is 5.32 Å². The van der Waals surface area contributed by atoms with E-state index in [0.29, 0.717) is 18.0 Å². The first-order valence-corrected chi connectivity index (χ1v) is 7.06. The van der Waals surface area contributed by atoms with Crippen LogP contribution in [0.15, 0.2) is 30.3 Å². The van der Waals surface area contributed by atoms with Crippen molar-refractivity contribution >= 4 is 6.29 Å². The molecular formula is C16H21NO. The van der Waals surface area contributed by atoms with Crippen LogP contribution in [0.5, 0.6) is 0 Å². The quantitative estimate of drug-likeness (QED) is 0.809. The minimum atomic E-state index is 0.278. The fourth-order valence-electron chi connectivity index (χ4n) is 3.86. The minimum Gasteiger partial charge on any atom is -0.307 e. The van der Waals surface area contributed by atoms with Crippen molar-refractivity contribution < 1.29 is 4.79 Å². The summed E-state index contributed by atoms with van der Waals surface area (Å²) in [7, 11) is 0. The molecule has 3 rings (SSSR count). The average Bonchev–Trinajstić information content (AvgIpc) is 2.76. The van der Waals surface area contributed by atoms with Gasteiger partial charge in [-0.05, 0) is 36.7 Å². The molecule has 2 aliphatic rings. The molecule has 1 saturated heterocycles. The lowest BCUT2D eigenvalue weighted by Gasteiger charge is -2.30. The lowest BCUT2D eigenvalue weighted by atomic mass is 9.75. The third kappa shape index (κ3) is 1.99. The lowest BCUT2D eigenvalue weighted by Crippen LogP contribution is -2.34. The standard InChI is InChI=1S/C16H21NO/c1-11-14-8-7-12(10-18)9-15(14)17-16(11)13-5-3-2-4-6-13/h2-6,10-12,14-17H,7-9H2,1H3/t11-,12+,14+,15-,16-/m0/s1. The van der Waals surface area contributed by atoms with E-state index in [2.05, 4.69) is 42.6 Å². The predicted molar refractivity (Wildman–Crippen MR) is 72.2 cm³/mol. The van der Waals surface area contributed by atoms with Crippen molar-refractivity contribution in [1.29, 1.82) is 0 Å². The summed E-state index contributed by atoms with van der Waals surface area (Å²) in [5, 5.41) is 3.76. The van der Waals surface area contributed by atoms with Gasteiger partial charge in [-0.15, -0.1) is 0 Å². The molecule has 0 radical (unpaired) electrons. The second kappa shape index (κ2) is 4.85. The lowest BCUT2D eigenvalue weighted by molar-refractivity contribution is -0.112. The zero-order valence-corrected chi connectivity index (χ0v) is 10.9. The molecule has 0 aromatic heterocycles. The molecule has 0 amide bonds. The van der Waals surface area contributed by atoms with Crippen molar-refractivity contribution in [2.45, 2.75) is 38.3 Å². The summed E-state index contributed by atoms with van der Waals surface area (Å²) in [5.41, 5.74) is 1.39. The molecule has 1 aromatic rings. The Morgan fingerprint density at radius 2 is 2.00 bits per heavy atom. The van der Waals surface area contributed by atoms with E-state index in [1.54, 1.807) is 0 Å². The molecule has 1 N–H and O–H groups in total. The summed E-state index contributed by atoms with van der Waals surface area (Å²) in [6, 6.07) is 11.7. The Hall–Kier alpha value is -1.15. The normalized spacial score (nSPS) is 39.3. The van der Waals surface area contributed by atoms with Gasteiger partial charge >= 0.3 is 0 Å². The van der Waals surface area contributed by atoms with Gasteiger partial charge in [0.2, 0.25) is 0 Å². The predicted octanol–water partition coefficient (Wildman–Crippen LogP) is 2.95. The Kier molecular flexibility index (Phi) is 3.21. The Balaban J connectivity index is 1.78. The van der Waals surface area contributed by atoms with Crippen LogP contribution in [0.2, 0.25) is 0 Å².